The molecule has 0 amide bonds. The molecule has 0 aromatic heterocycles. The monoisotopic (exact) mass is 217 g/mol. The van der Waals surface area contributed by atoms with E-state index in [4.69, 9.17) is 22.4 Å². The highest BCUT2D eigenvalue weighted by atomic mass is 35.5. The predicted molar refractivity (Wildman–Crippen MR) is 54.7 cm³/mol. The van der Waals surface area contributed by atoms with Gasteiger partial charge in [0.05, 0.1) is 0 Å². The first-order valence-electron chi connectivity index (χ1n) is 4.42. The van der Waals surface area contributed by atoms with Crippen LogP contribution in [0.2, 0.25) is 5.02 Å². The molecule has 1 aromatic carbocycles. The highest BCUT2D eigenvalue weighted by molar-refractivity contribution is 6.30. The zero-order valence-electron chi connectivity index (χ0n) is 7.71. The van der Waals surface area contributed by atoms with Crippen LogP contribution in [0.4, 0.5) is 4.39 Å². The highest BCUT2D eigenvalue weighted by Gasteiger charge is 2.10. The van der Waals surface area contributed by atoms with Crippen LogP contribution < -0.4 is 5.73 Å². The summed E-state index contributed by atoms with van der Waals surface area (Å²) in [5.41, 5.74) is 5.91. The third kappa shape index (κ3) is 2.94. The molecule has 1 atom stereocenters. The Morgan fingerprint density at radius 3 is 2.79 bits per heavy atom. The van der Waals surface area contributed by atoms with Crippen LogP contribution in [0.1, 0.15) is 5.56 Å². The third-order valence-electron chi connectivity index (χ3n) is 2.11. The zero-order valence-corrected chi connectivity index (χ0v) is 8.47. The summed E-state index contributed by atoms with van der Waals surface area (Å²) in [6.45, 7) is 0.297. The molecular formula is C10H13ClFNO. The van der Waals surface area contributed by atoms with Crippen LogP contribution >= 0.6 is 11.6 Å². The van der Waals surface area contributed by atoms with E-state index in [1.165, 1.54) is 12.1 Å². The molecular weight excluding hydrogens is 205 g/mol. The van der Waals surface area contributed by atoms with Gasteiger partial charge in [0.15, 0.2) is 0 Å². The molecule has 2 nitrogen and oxygen atoms in total. The van der Waals surface area contributed by atoms with Gasteiger partial charge in [0.2, 0.25) is 0 Å². The Morgan fingerprint density at radius 2 is 2.21 bits per heavy atom. The fourth-order valence-corrected chi connectivity index (χ4v) is 1.43. The third-order valence-corrected chi connectivity index (χ3v) is 2.34. The van der Waals surface area contributed by atoms with E-state index in [2.05, 4.69) is 0 Å². The van der Waals surface area contributed by atoms with Crippen molar-refractivity contribution in [2.75, 3.05) is 13.2 Å². The van der Waals surface area contributed by atoms with Gasteiger partial charge >= 0.3 is 0 Å². The number of aliphatic hydroxyl groups excluding tert-OH is 1. The summed E-state index contributed by atoms with van der Waals surface area (Å²) in [5, 5.41) is 9.41. The molecule has 1 rings (SSSR count). The van der Waals surface area contributed by atoms with Gasteiger partial charge in [0.25, 0.3) is 0 Å². The predicted octanol–water partition coefficient (Wildman–Crippen LogP) is 1.59. The van der Waals surface area contributed by atoms with E-state index in [9.17, 15) is 4.39 Å². The molecule has 0 fully saturated rings. The lowest BCUT2D eigenvalue weighted by atomic mass is 10.00. The van der Waals surface area contributed by atoms with Crippen molar-refractivity contribution in [3.63, 3.8) is 0 Å². The maximum absolute atomic E-state index is 13.2. The van der Waals surface area contributed by atoms with Gasteiger partial charge < -0.3 is 10.8 Å². The molecule has 0 saturated heterocycles. The molecule has 1 aromatic rings. The lowest BCUT2D eigenvalue weighted by Crippen LogP contribution is -2.20. The van der Waals surface area contributed by atoms with Crippen LogP contribution in [0.5, 0.6) is 0 Å². The standard InChI is InChI=1S/C10H13ClFNO/c11-9-1-2-10(12)8(4-9)3-7(5-13)6-14/h1-2,4,7,14H,3,5-6,13H2. The summed E-state index contributed by atoms with van der Waals surface area (Å²) in [4.78, 5) is 0. The van der Waals surface area contributed by atoms with E-state index in [0.717, 1.165) is 0 Å². The van der Waals surface area contributed by atoms with Gasteiger partial charge in [-0.05, 0) is 42.6 Å². The lowest BCUT2D eigenvalue weighted by molar-refractivity contribution is 0.229. The largest absolute Gasteiger partial charge is 0.396 e. The minimum atomic E-state index is -0.304. The average molecular weight is 218 g/mol. The average Bonchev–Trinajstić information content (AvgIpc) is 2.19. The number of benzene rings is 1. The van der Waals surface area contributed by atoms with E-state index >= 15 is 0 Å². The minimum absolute atomic E-state index is 0.0392. The first-order chi connectivity index (χ1) is 6.67. The second-order valence-electron chi connectivity index (χ2n) is 3.22. The van der Waals surface area contributed by atoms with Crippen molar-refractivity contribution in [3.05, 3.63) is 34.6 Å². The second-order valence-corrected chi connectivity index (χ2v) is 3.66. The van der Waals surface area contributed by atoms with Crippen LogP contribution in [-0.2, 0) is 6.42 Å². The number of aliphatic hydroxyl groups is 1. The van der Waals surface area contributed by atoms with Crippen molar-refractivity contribution in [1.82, 2.24) is 0 Å². The molecule has 1 unspecified atom stereocenters. The summed E-state index contributed by atoms with van der Waals surface area (Å²) < 4.78 is 13.2. The number of rotatable bonds is 4. The van der Waals surface area contributed by atoms with Crippen LogP contribution in [0.3, 0.4) is 0 Å². The number of nitrogens with two attached hydrogens (primary N) is 1. The van der Waals surface area contributed by atoms with E-state index < -0.39 is 0 Å². The summed E-state index contributed by atoms with van der Waals surface area (Å²) in [6, 6.07) is 4.38. The van der Waals surface area contributed by atoms with Gasteiger partial charge in [0.1, 0.15) is 5.82 Å². The molecule has 0 saturated carbocycles. The Kier molecular flexibility index (Phi) is 4.32. The zero-order chi connectivity index (χ0) is 10.6. The molecule has 0 spiro atoms. The van der Waals surface area contributed by atoms with Crippen molar-refractivity contribution >= 4 is 11.6 Å². The van der Waals surface area contributed by atoms with Gasteiger partial charge in [-0.3, -0.25) is 0 Å². The van der Waals surface area contributed by atoms with Gasteiger partial charge in [-0.15, -0.1) is 0 Å². The van der Waals surface area contributed by atoms with Gasteiger partial charge in [-0.25, -0.2) is 4.39 Å². The molecule has 4 heteroatoms. The van der Waals surface area contributed by atoms with E-state index in [-0.39, 0.29) is 18.3 Å². The Hall–Kier alpha value is -0.640. The second kappa shape index (κ2) is 5.29. The maximum Gasteiger partial charge on any atom is 0.126 e. The molecule has 78 valence electrons. The fourth-order valence-electron chi connectivity index (χ4n) is 1.23. The van der Waals surface area contributed by atoms with E-state index in [0.29, 0.717) is 23.6 Å². The van der Waals surface area contributed by atoms with Crippen LogP contribution in [0, 0.1) is 11.7 Å². The summed E-state index contributed by atoms with van der Waals surface area (Å²) >= 11 is 5.73. The number of hydrogen-bond acceptors (Lipinski definition) is 2. The Bertz CT molecular complexity index is 302. The molecule has 14 heavy (non-hydrogen) atoms. The number of halogens is 2. The van der Waals surface area contributed by atoms with Crippen LogP contribution in [0.15, 0.2) is 18.2 Å². The Morgan fingerprint density at radius 1 is 1.50 bits per heavy atom. The molecule has 0 aliphatic carbocycles. The van der Waals surface area contributed by atoms with Crippen LogP contribution in [0.25, 0.3) is 0 Å². The van der Waals surface area contributed by atoms with Crippen molar-refractivity contribution < 1.29 is 9.50 Å². The Labute approximate surface area is 87.5 Å². The Balaban J connectivity index is 2.79. The van der Waals surface area contributed by atoms with Crippen molar-refractivity contribution in [2.24, 2.45) is 11.7 Å². The van der Waals surface area contributed by atoms with Gasteiger partial charge in [-0.2, -0.15) is 0 Å². The molecule has 3 N–H and O–H groups in total. The normalized spacial score (nSPS) is 12.9. The van der Waals surface area contributed by atoms with Crippen molar-refractivity contribution in [1.29, 1.82) is 0 Å². The van der Waals surface area contributed by atoms with Crippen LogP contribution in [-0.4, -0.2) is 18.3 Å². The smallest absolute Gasteiger partial charge is 0.126 e. The topological polar surface area (TPSA) is 46.2 Å². The summed E-state index contributed by atoms with van der Waals surface area (Å²) in [5.74, 6) is -0.413. The summed E-state index contributed by atoms with van der Waals surface area (Å²) in [7, 11) is 0. The van der Waals surface area contributed by atoms with E-state index in [1.54, 1.807) is 6.07 Å². The van der Waals surface area contributed by atoms with Crippen molar-refractivity contribution in [3.8, 4) is 0 Å². The molecule has 0 radical (unpaired) electrons. The lowest BCUT2D eigenvalue weighted by Gasteiger charge is -2.11. The molecule has 0 bridgehead atoms. The molecule has 0 aliphatic rings. The first kappa shape index (κ1) is 11.4. The SMILES string of the molecule is NCC(CO)Cc1cc(Cl)ccc1F. The number of hydrogen-bond donors (Lipinski definition) is 2. The molecule has 0 heterocycles. The first-order valence-corrected chi connectivity index (χ1v) is 4.80. The quantitative estimate of drug-likeness (QED) is 0.805. The van der Waals surface area contributed by atoms with Crippen molar-refractivity contribution in [2.45, 2.75) is 6.42 Å². The summed E-state index contributed by atoms with van der Waals surface area (Å²) in [6.07, 6.45) is 0.416. The molecule has 0 aliphatic heterocycles. The minimum Gasteiger partial charge on any atom is -0.396 e. The van der Waals surface area contributed by atoms with Gasteiger partial charge in [-0.1, -0.05) is 11.6 Å². The van der Waals surface area contributed by atoms with Gasteiger partial charge in [0, 0.05) is 11.6 Å². The highest BCUT2D eigenvalue weighted by Crippen LogP contribution is 2.17. The fraction of sp³-hybridized carbons (Fsp3) is 0.400. The maximum atomic E-state index is 13.2. The van der Waals surface area contributed by atoms with E-state index in [1.807, 2.05) is 0 Å².